The van der Waals surface area contributed by atoms with Gasteiger partial charge in [0.05, 0.1) is 0 Å². The third kappa shape index (κ3) is 4.50. The molecule has 0 aliphatic heterocycles. The lowest BCUT2D eigenvalue weighted by molar-refractivity contribution is -0.123. The van der Waals surface area contributed by atoms with E-state index in [0.717, 1.165) is 11.3 Å². The first-order valence-corrected chi connectivity index (χ1v) is 8.53. The van der Waals surface area contributed by atoms with Gasteiger partial charge in [-0.15, -0.1) is 10.2 Å². The maximum absolute atomic E-state index is 12.0. The summed E-state index contributed by atoms with van der Waals surface area (Å²) in [7, 11) is -3.68. The van der Waals surface area contributed by atoms with Crippen molar-refractivity contribution in [2.24, 2.45) is 5.41 Å². The van der Waals surface area contributed by atoms with E-state index >= 15 is 0 Å². The van der Waals surface area contributed by atoms with Crippen molar-refractivity contribution >= 4 is 32.4 Å². The van der Waals surface area contributed by atoms with Crippen molar-refractivity contribution in [3.8, 4) is 0 Å². The van der Waals surface area contributed by atoms with Crippen molar-refractivity contribution in [1.29, 1.82) is 0 Å². The number of sulfonamides is 1. The normalized spacial score (nSPS) is 14.1. The highest BCUT2D eigenvalue weighted by molar-refractivity contribution is 7.91. The molecule has 0 radical (unpaired) electrons. The lowest BCUT2D eigenvalue weighted by atomic mass is 9.96. The minimum absolute atomic E-state index is 0.151. The number of hydrogen-bond acceptors (Lipinski definition) is 6. The highest BCUT2D eigenvalue weighted by atomic mass is 32.2. The third-order valence-corrected chi connectivity index (χ3v) is 5.30. The minimum Gasteiger partial charge on any atom is -0.300 e. The number of nitrogens with one attached hydrogen (secondary N) is 2. The lowest BCUT2D eigenvalue weighted by Gasteiger charge is -2.15. The zero-order valence-electron chi connectivity index (χ0n) is 12.2. The predicted octanol–water partition coefficient (Wildman–Crippen LogP) is 1.60. The minimum atomic E-state index is -3.68. The summed E-state index contributed by atoms with van der Waals surface area (Å²) in [4.78, 5) is 11.8. The van der Waals surface area contributed by atoms with Gasteiger partial charge < -0.3 is 5.32 Å². The molecule has 1 amide bonds. The van der Waals surface area contributed by atoms with Crippen LogP contribution >= 0.6 is 11.3 Å². The molecular weight excluding hydrogens is 300 g/mol. The highest BCUT2D eigenvalue weighted by Gasteiger charge is 2.25. The van der Waals surface area contributed by atoms with Crippen molar-refractivity contribution < 1.29 is 13.2 Å². The summed E-state index contributed by atoms with van der Waals surface area (Å²) in [5.41, 5.74) is -0.584. The van der Waals surface area contributed by atoms with Gasteiger partial charge in [-0.05, 0) is 13.3 Å². The van der Waals surface area contributed by atoms with Crippen molar-refractivity contribution in [2.75, 3.05) is 5.32 Å². The fourth-order valence-electron chi connectivity index (χ4n) is 1.05. The second-order valence-corrected chi connectivity index (χ2v) is 8.37. The first-order valence-electron chi connectivity index (χ1n) is 6.23. The van der Waals surface area contributed by atoms with Gasteiger partial charge in [0, 0.05) is 11.5 Å². The first kappa shape index (κ1) is 17.0. The Bertz CT molecular complexity index is 575. The molecule has 0 aliphatic carbocycles. The molecule has 1 aromatic rings. The van der Waals surface area contributed by atoms with Gasteiger partial charge in [0.15, 0.2) is 0 Å². The molecule has 0 fully saturated rings. The summed E-state index contributed by atoms with van der Waals surface area (Å²) in [5, 5.41) is 10.0. The smallest absolute Gasteiger partial charge is 0.270 e. The Labute approximate surface area is 123 Å². The number of carbonyl (C=O) groups is 1. The van der Waals surface area contributed by atoms with Crippen LogP contribution in [-0.2, 0) is 14.8 Å². The lowest BCUT2D eigenvalue weighted by Crippen LogP contribution is -2.31. The van der Waals surface area contributed by atoms with E-state index in [1.54, 1.807) is 27.7 Å². The second-order valence-electron chi connectivity index (χ2n) is 5.51. The summed E-state index contributed by atoms with van der Waals surface area (Å²) in [6.45, 7) is 8.91. The molecule has 1 unspecified atom stereocenters. The quantitative estimate of drug-likeness (QED) is 0.802. The number of rotatable bonds is 5. The molecule has 0 saturated heterocycles. The van der Waals surface area contributed by atoms with E-state index in [4.69, 9.17) is 0 Å². The largest absolute Gasteiger partial charge is 0.300 e. The third-order valence-electron chi connectivity index (χ3n) is 2.51. The Kier molecular flexibility index (Phi) is 5.22. The summed E-state index contributed by atoms with van der Waals surface area (Å²) >= 11 is 0.832. The van der Waals surface area contributed by atoms with Crippen LogP contribution in [0, 0.1) is 5.41 Å². The summed E-state index contributed by atoms with van der Waals surface area (Å²) < 4.78 is 26.3. The molecule has 9 heteroatoms. The van der Waals surface area contributed by atoms with Crippen molar-refractivity contribution in [3.05, 3.63) is 0 Å². The Morgan fingerprint density at radius 3 is 2.45 bits per heavy atom. The molecule has 7 nitrogen and oxygen atoms in total. The van der Waals surface area contributed by atoms with Gasteiger partial charge in [-0.2, -0.15) is 0 Å². The molecular formula is C11H20N4O3S2. The Balaban J connectivity index is 2.85. The zero-order chi connectivity index (χ0) is 15.6. The van der Waals surface area contributed by atoms with E-state index < -0.39 is 15.4 Å². The van der Waals surface area contributed by atoms with E-state index in [2.05, 4.69) is 20.2 Å². The molecule has 1 heterocycles. The molecule has 0 saturated carbocycles. The van der Waals surface area contributed by atoms with Crippen LogP contribution in [0.15, 0.2) is 4.34 Å². The average Bonchev–Trinajstić information content (AvgIpc) is 2.76. The SMILES string of the molecule is CCC(C)NS(=O)(=O)c1nnc(NC(=O)C(C)(C)C)s1. The van der Waals surface area contributed by atoms with Gasteiger partial charge >= 0.3 is 0 Å². The van der Waals surface area contributed by atoms with Crippen molar-refractivity contribution in [2.45, 2.75) is 51.4 Å². The van der Waals surface area contributed by atoms with E-state index in [1.807, 2.05) is 6.92 Å². The average molecular weight is 320 g/mol. The number of aromatic nitrogens is 2. The Morgan fingerprint density at radius 1 is 1.35 bits per heavy atom. The number of amides is 1. The molecule has 1 aromatic heterocycles. The van der Waals surface area contributed by atoms with Crippen molar-refractivity contribution in [1.82, 2.24) is 14.9 Å². The van der Waals surface area contributed by atoms with Crippen LogP contribution in [0.3, 0.4) is 0 Å². The van der Waals surface area contributed by atoms with Gasteiger partial charge in [-0.25, -0.2) is 13.1 Å². The molecule has 2 N–H and O–H groups in total. The van der Waals surface area contributed by atoms with Crippen LogP contribution in [0.25, 0.3) is 0 Å². The first-order chi connectivity index (χ1) is 9.06. The van der Waals surface area contributed by atoms with Gasteiger partial charge in [-0.3, -0.25) is 4.79 Å². The number of nitrogens with zero attached hydrogens (tertiary/aromatic N) is 2. The predicted molar refractivity (Wildman–Crippen MR) is 78.1 cm³/mol. The topological polar surface area (TPSA) is 101 Å². The Morgan fingerprint density at radius 2 is 1.95 bits per heavy atom. The summed E-state index contributed by atoms with van der Waals surface area (Å²) in [6, 6.07) is -0.184. The fourth-order valence-corrected chi connectivity index (χ4v) is 3.29. The Hall–Kier alpha value is -1.06. The van der Waals surface area contributed by atoms with Gasteiger partial charge in [0.25, 0.3) is 10.0 Å². The van der Waals surface area contributed by atoms with Crippen LogP contribution in [0.5, 0.6) is 0 Å². The maximum Gasteiger partial charge on any atom is 0.270 e. The standard InChI is InChI=1S/C11H20N4O3S2/c1-6-7(2)15-20(17,18)10-14-13-9(19-10)12-8(16)11(3,4)5/h7,15H,6H2,1-5H3,(H,12,13,16). The second kappa shape index (κ2) is 6.15. The van der Waals surface area contributed by atoms with Gasteiger partial charge in [-0.1, -0.05) is 39.0 Å². The fraction of sp³-hybridized carbons (Fsp3) is 0.727. The molecule has 20 heavy (non-hydrogen) atoms. The number of hydrogen-bond donors (Lipinski definition) is 2. The van der Waals surface area contributed by atoms with Crippen LogP contribution in [0.4, 0.5) is 5.13 Å². The van der Waals surface area contributed by atoms with Crippen LogP contribution in [-0.4, -0.2) is 30.6 Å². The van der Waals surface area contributed by atoms with E-state index in [9.17, 15) is 13.2 Å². The van der Waals surface area contributed by atoms with Crippen LogP contribution in [0.2, 0.25) is 0 Å². The summed E-state index contributed by atoms with van der Waals surface area (Å²) in [6.07, 6.45) is 0.672. The van der Waals surface area contributed by atoms with Gasteiger partial charge in [0.1, 0.15) is 0 Å². The molecule has 1 atom stereocenters. The molecule has 0 bridgehead atoms. The van der Waals surface area contributed by atoms with E-state index in [-0.39, 0.29) is 21.4 Å². The van der Waals surface area contributed by atoms with Crippen LogP contribution in [0.1, 0.15) is 41.0 Å². The van der Waals surface area contributed by atoms with Crippen LogP contribution < -0.4 is 10.0 Å². The zero-order valence-corrected chi connectivity index (χ0v) is 13.9. The van der Waals surface area contributed by atoms with Crippen molar-refractivity contribution in [3.63, 3.8) is 0 Å². The number of carbonyl (C=O) groups excluding carboxylic acids is 1. The molecule has 1 rings (SSSR count). The van der Waals surface area contributed by atoms with E-state index in [0.29, 0.717) is 6.42 Å². The maximum atomic E-state index is 12.0. The monoisotopic (exact) mass is 320 g/mol. The molecule has 0 aromatic carbocycles. The van der Waals surface area contributed by atoms with E-state index in [1.165, 1.54) is 0 Å². The number of anilines is 1. The van der Waals surface area contributed by atoms with Gasteiger partial charge in [0.2, 0.25) is 15.4 Å². The molecule has 114 valence electrons. The highest BCUT2D eigenvalue weighted by Crippen LogP contribution is 2.23. The molecule has 0 spiro atoms. The molecule has 0 aliphatic rings. The summed E-state index contributed by atoms with van der Waals surface area (Å²) in [5.74, 6) is -0.243.